The lowest BCUT2D eigenvalue weighted by molar-refractivity contribution is 0.0706. The highest BCUT2D eigenvalue weighted by molar-refractivity contribution is 5.96. The Kier molecular flexibility index (Phi) is 4.04. The van der Waals surface area contributed by atoms with Gasteiger partial charge in [-0.1, -0.05) is 38.1 Å². The molecule has 0 unspecified atom stereocenters. The van der Waals surface area contributed by atoms with Crippen molar-refractivity contribution in [2.75, 3.05) is 0 Å². The van der Waals surface area contributed by atoms with E-state index < -0.39 is 5.91 Å². The van der Waals surface area contributed by atoms with Gasteiger partial charge in [-0.3, -0.25) is 15.0 Å². The average molecular weight is 307 g/mol. The summed E-state index contributed by atoms with van der Waals surface area (Å²) in [6.45, 7) is 4.32. The van der Waals surface area contributed by atoms with Gasteiger partial charge in [0, 0.05) is 11.1 Å². The molecule has 0 aliphatic rings. The Morgan fingerprint density at radius 3 is 2.48 bits per heavy atom. The highest BCUT2D eigenvalue weighted by atomic mass is 16.5. The number of hydrogen-bond donors (Lipinski definition) is 2. The fraction of sp³-hybridized carbons (Fsp3) is 0.167. The Morgan fingerprint density at radius 2 is 1.83 bits per heavy atom. The van der Waals surface area contributed by atoms with Gasteiger partial charge in [0.05, 0.1) is 22.9 Å². The molecule has 0 aliphatic carbocycles. The predicted octanol–water partition coefficient (Wildman–Crippen LogP) is 3.54. The van der Waals surface area contributed by atoms with Crippen LogP contribution in [-0.2, 0) is 0 Å². The van der Waals surface area contributed by atoms with E-state index in [9.17, 15) is 4.79 Å². The highest BCUT2D eigenvalue weighted by Crippen LogP contribution is 2.22. The number of rotatable bonds is 3. The smallest absolute Gasteiger partial charge is 0.274 e. The van der Waals surface area contributed by atoms with Crippen LogP contribution in [0.5, 0.6) is 0 Å². The molecule has 0 spiro atoms. The third-order valence-corrected chi connectivity index (χ3v) is 3.78. The van der Waals surface area contributed by atoms with Gasteiger partial charge in [0.2, 0.25) is 0 Å². The Morgan fingerprint density at radius 1 is 1.09 bits per heavy atom. The van der Waals surface area contributed by atoms with Gasteiger partial charge in [-0.25, -0.2) is 10.5 Å². The van der Waals surface area contributed by atoms with E-state index in [-0.39, 0.29) is 0 Å². The molecular weight excluding hydrogens is 290 g/mol. The first kappa shape index (κ1) is 15.1. The van der Waals surface area contributed by atoms with Crippen molar-refractivity contribution in [2.24, 2.45) is 0 Å². The summed E-state index contributed by atoms with van der Waals surface area (Å²) in [4.78, 5) is 20.4. The third-order valence-electron chi connectivity index (χ3n) is 3.78. The Labute approximate surface area is 134 Å². The topological polar surface area (TPSA) is 75.1 Å². The molecule has 3 rings (SSSR count). The molecule has 23 heavy (non-hydrogen) atoms. The Bertz CT molecular complexity index is 858. The molecule has 0 bridgehead atoms. The number of hydroxylamine groups is 1. The molecule has 3 aromatic rings. The second-order valence-corrected chi connectivity index (χ2v) is 5.68. The Balaban J connectivity index is 1.98. The van der Waals surface area contributed by atoms with Crippen LogP contribution < -0.4 is 5.48 Å². The maximum Gasteiger partial charge on any atom is 0.274 e. The van der Waals surface area contributed by atoms with Gasteiger partial charge in [-0.05, 0) is 29.7 Å². The van der Waals surface area contributed by atoms with Gasteiger partial charge in [-0.15, -0.1) is 0 Å². The second kappa shape index (κ2) is 6.14. The summed E-state index contributed by atoms with van der Waals surface area (Å²) in [6.07, 6.45) is 1.69. The zero-order valence-corrected chi connectivity index (χ0v) is 12.9. The summed E-state index contributed by atoms with van der Waals surface area (Å²) < 4.78 is 0. The molecular formula is C18H17N3O2. The van der Waals surface area contributed by atoms with E-state index in [2.05, 4.69) is 35.9 Å². The minimum absolute atomic E-state index is 0.336. The van der Waals surface area contributed by atoms with E-state index in [0.717, 1.165) is 11.3 Å². The summed E-state index contributed by atoms with van der Waals surface area (Å²) in [7, 11) is 0. The molecule has 2 N–H and O–H groups in total. The lowest BCUT2D eigenvalue weighted by Gasteiger charge is -2.07. The van der Waals surface area contributed by atoms with E-state index in [1.54, 1.807) is 29.9 Å². The summed E-state index contributed by atoms with van der Waals surface area (Å²) in [5.74, 6) is -0.0788. The maximum absolute atomic E-state index is 11.4. The highest BCUT2D eigenvalue weighted by Gasteiger charge is 2.08. The van der Waals surface area contributed by atoms with Crippen molar-refractivity contribution < 1.29 is 10.0 Å². The van der Waals surface area contributed by atoms with Gasteiger partial charge in [-0.2, -0.15) is 0 Å². The molecule has 0 saturated carbocycles. The van der Waals surface area contributed by atoms with E-state index in [1.807, 2.05) is 12.1 Å². The van der Waals surface area contributed by atoms with Crippen LogP contribution in [0.15, 0.2) is 48.7 Å². The first-order valence-corrected chi connectivity index (χ1v) is 7.40. The van der Waals surface area contributed by atoms with Crippen molar-refractivity contribution in [1.82, 2.24) is 15.4 Å². The number of amides is 1. The summed E-state index contributed by atoms with van der Waals surface area (Å²) in [5.41, 5.74) is 6.32. The number of nitrogens with one attached hydrogen (secondary N) is 1. The van der Waals surface area contributed by atoms with Crippen molar-refractivity contribution in [3.05, 3.63) is 59.8 Å². The SMILES string of the molecule is CC(C)c1ccc(-c2cnc3cc(C(=O)NO)ccc3n2)cc1. The van der Waals surface area contributed by atoms with Crippen LogP contribution in [0.3, 0.4) is 0 Å². The van der Waals surface area contributed by atoms with E-state index >= 15 is 0 Å². The zero-order chi connectivity index (χ0) is 16.4. The fourth-order valence-corrected chi connectivity index (χ4v) is 2.39. The summed E-state index contributed by atoms with van der Waals surface area (Å²) >= 11 is 0. The molecule has 0 atom stereocenters. The van der Waals surface area contributed by atoms with Crippen molar-refractivity contribution in [2.45, 2.75) is 19.8 Å². The lowest BCUT2D eigenvalue weighted by atomic mass is 10.0. The monoisotopic (exact) mass is 307 g/mol. The molecule has 1 amide bonds. The molecule has 0 saturated heterocycles. The maximum atomic E-state index is 11.4. The average Bonchev–Trinajstić information content (AvgIpc) is 2.60. The van der Waals surface area contributed by atoms with E-state index in [4.69, 9.17) is 5.21 Å². The quantitative estimate of drug-likeness (QED) is 0.573. The van der Waals surface area contributed by atoms with Crippen LogP contribution in [0, 0.1) is 0 Å². The second-order valence-electron chi connectivity index (χ2n) is 5.68. The Hall–Kier alpha value is -2.79. The number of fused-ring (bicyclic) bond motifs is 1. The first-order valence-electron chi connectivity index (χ1n) is 7.40. The van der Waals surface area contributed by atoms with Gasteiger partial charge in [0.1, 0.15) is 0 Å². The molecule has 2 aromatic carbocycles. The molecule has 116 valence electrons. The number of carbonyl (C=O) groups is 1. The van der Waals surface area contributed by atoms with Gasteiger partial charge in [0.15, 0.2) is 0 Å². The molecule has 0 fully saturated rings. The number of hydrogen-bond acceptors (Lipinski definition) is 4. The molecule has 0 aliphatic heterocycles. The van der Waals surface area contributed by atoms with Gasteiger partial charge in [0.25, 0.3) is 5.91 Å². The van der Waals surface area contributed by atoms with Crippen LogP contribution in [-0.4, -0.2) is 21.1 Å². The minimum atomic E-state index is -0.568. The zero-order valence-electron chi connectivity index (χ0n) is 12.9. The van der Waals surface area contributed by atoms with Crippen LogP contribution in [0.25, 0.3) is 22.3 Å². The molecule has 0 radical (unpaired) electrons. The summed E-state index contributed by atoms with van der Waals surface area (Å²) in [5, 5.41) is 8.68. The number of carbonyl (C=O) groups excluding carboxylic acids is 1. The van der Waals surface area contributed by atoms with Crippen LogP contribution in [0.1, 0.15) is 35.7 Å². The number of aromatic nitrogens is 2. The van der Waals surface area contributed by atoms with E-state index in [1.165, 1.54) is 5.56 Å². The van der Waals surface area contributed by atoms with Crippen LogP contribution in [0.2, 0.25) is 0 Å². The van der Waals surface area contributed by atoms with Crippen molar-refractivity contribution in [3.8, 4) is 11.3 Å². The molecule has 1 heterocycles. The minimum Gasteiger partial charge on any atom is -0.288 e. The van der Waals surface area contributed by atoms with Gasteiger partial charge < -0.3 is 0 Å². The van der Waals surface area contributed by atoms with E-state index in [0.29, 0.717) is 22.5 Å². The van der Waals surface area contributed by atoms with Crippen LogP contribution in [0.4, 0.5) is 0 Å². The summed E-state index contributed by atoms with van der Waals surface area (Å²) in [6, 6.07) is 13.2. The first-order chi connectivity index (χ1) is 11.1. The molecule has 5 nitrogen and oxygen atoms in total. The van der Waals surface area contributed by atoms with Crippen molar-refractivity contribution in [1.29, 1.82) is 0 Å². The largest absolute Gasteiger partial charge is 0.288 e. The van der Waals surface area contributed by atoms with Crippen LogP contribution >= 0.6 is 0 Å². The van der Waals surface area contributed by atoms with Crippen molar-refractivity contribution in [3.63, 3.8) is 0 Å². The third kappa shape index (κ3) is 3.05. The predicted molar refractivity (Wildman–Crippen MR) is 88.3 cm³/mol. The van der Waals surface area contributed by atoms with Gasteiger partial charge >= 0.3 is 0 Å². The molecule has 1 aromatic heterocycles. The number of nitrogens with zero attached hydrogens (tertiary/aromatic N) is 2. The normalized spacial score (nSPS) is 11.0. The number of benzene rings is 2. The van der Waals surface area contributed by atoms with Crippen molar-refractivity contribution >= 4 is 16.9 Å². The molecule has 5 heteroatoms. The standard InChI is InChI=1S/C18H17N3O2/c1-11(2)12-3-5-13(6-4-12)17-10-19-16-9-14(18(22)21-23)7-8-15(16)20-17/h3-11,23H,1-2H3,(H,21,22). The lowest BCUT2D eigenvalue weighted by Crippen LogP contribution is -2.18. The fourth-order valence-electron chi connectivity index (χ4n) is 2.39.